The van der Waals surface area contributed by atoms with Gasteiger partial charge in [0.05, 0.1) is 17.5 Å². The Morgan fingerprint density at radius 1 is 1.53 bits per heavy atom. The van der Waals surface area contributed by atoms with Crippen LogP contribution in [-0.4, -0.2) is 14.5 Å². The first kappa shape index (κ1) is 13.2. The van der Waals surface area contributed by atoms with Crippen LogP contribution in [0, 0.1) is 25.2 Å². The maximum atomic E-state index is 5.97. The van der Waals surface area contributed by atoms with Gasteiger partial charge in [0.15, 0.2) is 5.82 Å². The van der Waals surface area contributed by atoms with Crippen LogP contribution in [-0.2, 0) is 6.54 Å². The van der Waals surface area contributed by atoms with E-state index in [1.807, 2.05) is 13.3 Å². The summed E-state index contributed by atoms with van der Waals surface area (Å²) >= 11 is 0. The third kappa shape index (κ3) is 2.45. The lowest BCUT2D eigenvalue weighted by atomic mass is 10.1. The largest absolute Gasteiger partial charge is 0.382 e. The van der Waals surface area contributed by atoms with Gasteiger partial charge in [-0.2, -0.15) is 0 Å². The third-order valence-electron chi connectivity index (χ3n) is 2.96. The van der Waals surface area contributed by atoms with Gasteiger partial charge in [-0.3, -0.25) is 0 Å². The van der Waals surface area contributed by atoms with Crippen LogP contribution in [0.5, 0.6) is 0 Å². The van der Waals surface area contributed by atoms with Gasteiger partial charge in [-0.05, 0) is 25.0 Å². The lowest BCUT2D eigenvalue weighted by Gasteiger charge is -2.11. The van der Waals surface area contributed by atoms with Crippen LogP contribution in [0.15, 0.2) is 12.4 Å². The van der Waals surface area contributed by atoms with Gasteiger partial charge in [-0.1, -0.05) is 19.8 Å². The molecule has 0 saturated carbocycles. The van der Waals surface area contributed by atoms with Crippen molar-refractivity contribution in [1.82, 2.24) is 14.5 Å². The number of allylic oxidation sites excluding steroid dienone is 1. The summed E-state index contributed by atoms with van der Waals surface area (Å²) in [6.07, 6.45) is 10.5. The fourth-order valence-corrected chi connectivity index (χ4v) is 2.17. The molecule has 0 aliphatic heterocycles. The Hall–Kier alpha value is -2.28. The van der Waals surface area contributed by atoms with Gasteiger partial charge in [0.2, 0.25) is 0 Å². The number of rotatable bonds is 3. The molecule has 2 aromatic rings. The Bertz CT molecular complexity index is 671. The zero-order valence-corrected chi connectivity index (χ0v) is 11.5. The van der Waals surface area contributed by atoms with E-state index in [0.717, 1.165) is 28.8 Å². The Kier molecular flexibility index (Phi) is 3.57. The Morgan fingerprint density at radius 2 is 2.26 bits per heavy atom. The third-order valence-corrected chi connectivity index (χ3v) is 2.96. The second-order valence-corrected chi connectivity index (χ2v) is 5.00. The molecule has 4 nitrogen and oxygen atoms in total. The molecule has 0 bridgehead atoms. The van der Waals surface area contributed by atoms with Gasteiger partial charge >= 0.3 is 0 Å². The summed E-state index contributed by atoms with van der Waals surface area (Å²) in [5.74, 6) is 3.45. The molecule has 19 heavy (non-hydrogen) atoms. The summed E-state index contributed by atoms with van der Waals surface area (Å²) in [6.45, 7) is 7.26. The lowest BCUT2D eigenvalue weighted by molar-refractivity contribution is 0.532. The van der Waals surface area contributed by atoms with Gasteiger partial charge in [-0.25, -0.2) is 9.97 Å². The number of fused-ring (bicyclic) bond motifs is 1. The van der Waals surface area contributed by atoms with E-state index in [1.54, 1.807) is 12.2 Å². The van der Waals surface area contributed by atoms with Crippen LogP contribution in [0.1, 0.15) is 25.1 Å². The molecule has 0 aliphatic rings. The normalized spacial score (nSPS) is 11.5. The van der Waals surface area contributed by atoms with Crippen LogP contribution in [0.4, 0.5) is 5.82 Å². The Labute approximate surface area is 113 Å². The number of terminal acetylenes is 1. The average Bonchev–Trinajstić information content (AvgIpc) is 2.75. The van der Waals surface area contributed by atoms with Gasteiger partial charge in [0.1, 0.15) is 5.52 Å². The molecule has 0 fully saturated rings. The van der Waals surface area contributed by atoms with E-state index in [4.69, 9.17) is 12.2 Å². The Morgan fingerprint density at radius 3 is 2.89 bits per heavy atom. The van der Waals surface area contributed by atoms with Crippen LogP contribution < -0.4 is 5.73 Å². The lowest BCUT2D eigenvalue weighted by Crippen LogP contribution is -2.05. The number of imidazole rings is 1. The van der Waals surface area contributed by atoms with Gasteiger partial charge in [0.25, 0.3) is 0 Å². The molecule has 4 heteroatoms. The molecule has 0 aliphatic carbocycles. The number of nitrogen functional groups attached to an aromatic ring is 1. The molecule has 0 radical (unpaired) electrons. The highest BCUT2D eigenvalue weighted by molar-refractivity contribution is 5.89. The van der Waals surface area contributed by atoms with Crippen molar-refractivity contribution in [3.63, 3.8) is 0 Å². The minimum absolute atomic E-state index is 0.444. The zero-order chi connectivity index (χ0) is 14.0. The first-order valence-electron chi connectivity index (χ1n) is 6.28. The van der Waals surface area contributed by atoms with E-state index < -0.39 is 0 Å². The zero-order valence-electron chi connectivity index (χ0n) is 11.5. The number of hydrogen-bond acceptors (Lipinski definition) is 3. The standard InChI is InChI=1S/C15H18N4/c1-5-6-7-12-11(4)14-13(15(16)18-12)17-9-19(14)8-10(2)3/h1,6-7,9-10H,8H2,2-4H3,(H2,16,18)/b7-6-. The van der Waals surface area contributed by atoms with Crippen molar-refractivity contribution in [2.45, 2.75) is 27.3 Å². The molecular weight excluding hydrogens is 236 g/mol. The molecular formula is C15H18N4. The quantitative estimate of drug-likeness (QED) is 0.857. The second-order valence-electron chi connectivity index (χ2n) is 5.00. The van der Waals surface area contributed by atoms with E-state index >= 15 is 0 Å². The summed E-state index contributed by atoms with van der Waals surface area (Å²) < 4.78 is 2.13. The molecule has 0 unspecified atom stereocenters. The summed E-state index contributed by atoms with van der Waals surface area (Å²) in [7, 11) is 0. The molecule has 0 spiro atoms. The van der Waals surface area contributed by atoms with Crippen LogP contribution in [0.2, 0.25) is 0 Å². The van der Waals surface area contributed by atoms with Crippen molar-refractivity contribution >= 4 is 22.9 Å². The molecule has 2 aromatic heterocycles. The summed E-state index contributed by atoms with van der Waals surface area (Å²) in [6, 6.07) is 0. The van der Waals surface area contributed by atoms with E-state index in [1.165, 1.54) is 0 Å². The SMILES string of the molecule is C#C/C=C\c1nc(N)c2ncn(CC(C)C)c2c1C. The number of anilines is 1. The van der Waals surface area contributed by atoms with Crippen molar-refractivity contribution < 1.29 is 0 Å². The van der Waals surface area contributed by atoms with E-state index in [0.29, 0.717) is 11.7 Å². The van der Waals surface area contributed by atoms with Crippen molar-refractivity contribution in [2.75, 3.05) is 5.73 Å². The number of pyridine rings is 1. The number of nitrogens with two attached hydrogens (primary N) is 1. The molecule has 2 rings (SSSR count). The van der Waals surface area contributed by atoms with E-state index in [2.05, 4.69) is 34.3 Å². The molecule has 2 heterocycles. The van der Waals surface area contributed by atoms with Crippen molar-refractivity contribution in [3.8, 4) is 12.3 Å². The Balaban J connectivity index is 2.67. The smallest absolute Gasteiger partial charge is 0.152 e. The van der Waals surface area contributed by atoms with E-state index in [9.17, 15) is 0 Å². The minimum Gasteiger partial charge on any atom is -0.382 e. The highest BCUT2D eigenvalue weighted by Crippen LogP contribution is 2.25. The maximum absolute atomic E-state index is 5.97. The molecule has 0 amide bonds. The topological polar surface area (TPSA) is 56.7 Å². The van der Waals surface area contributed by atoms with Gasteiger partial charge < -0.3 is 10.3 Å². The van der Waals surface area contributed by atoms with Crippen molar-refractivity contribution in [2.24, 2.45) is 5.92 Å². The monoisotopic (exact) mass is 254 g/mol. The first-order chi connectivity index (χ1) is 9.04. The predicted molar refractivity (Wildman–Crippen MR) is 79.4 cm³/mol. The fraction of sp³-hybridized carbons (Fsp3) is 0.333. The number of nitrogens with zero attached hydrogens (tertiary/aromatic N) is 3. The number of aryl methyl sites for hydroxylation is 1. The molecule has 0 saturated heterocycles. The molecule has 2 N–H and O–H groups in total. The van der Waals surface area contributed by atoms with E-state index in [-0.39, 0.29) is 0 Å². The number of hydrogen-bond donors (Lipinski definition) is 1. The molecule has 98 valence electrons. The molecule has 0 aromatic carbocycles. The predicted octanol–water partition coefficient (Wildman–Crippen LogP) is 2.62. The van der Waals surface area contributed by atoms with Gasteiger partial charge in [-0.15, -0.1) is 6.42 Å². The second kappa shape index (κ2) is 5.15. The van der Waals surface area contributed by atoms with Crippen molar-refractivity contribution in [1.29, 1.82) is 0 Å². The fourth-order valence-electron chi connectivity index (χ4n) is 2.17. The van der Waals surface area contributed by atoms with Crippen LogP contribution in [0.3, 0.4) is 0 Å². The number of aromatic nitrogens is 3. The molecule has 0 atom stereocenters. The maximum Gasteiger partial charge on any atom is 0.152 e. The van der Waals surface area contributed by atoms with Crippen molar-refractivity contribution in [3.05, 3.63) is 23.7 Å². The highest BCUT2D eigenvalue weighted by atomic mass is 15.1. The summed E-state index contributed by atoms with van der Waals surface area (Å²) in [5, 5.41) is 0. The first-order valence-corrected chi connectivity index (χ1v) is 6.28. The summed E-state index contributed by atoms with van der Waals surface area (Å²) in [5.41, 5.74) is 9.62. The van der Waals surface area contributed by atoms with Crippen LogP contribution >= 0.6 is 0 Å². The highest BCUT2D eigenvalue weighted by Gasteiger charge is 2.13. The van der Waals surface area contributed by atoms with Crippen LogP contribution in [0.25, 0.3) is 17.1 Å². The minimum atomic E-state index is 0.444. The van der Waals surface area contributed by atoms with Gasteiger partial charge in [0, 0.05) is 12.1 Å². The summed E-state index contributed by atoms with van der Waals surface area (Å²) in [4.78, 5) is 8.71. The average molecular weight is 254 g/mol.